The van der Waals surface area contributed by atoms with Crippen molar-refractivity contribution in [2.45, 2.75) is 300 Å². The highest BCUT2D eigenvalue weighted by Gasteiger charge is 2.47. The van der Waals surface area contributed by atoms with Gasteiger partial charge in [0.25, 0.3) is 0 Å². The standard InChI is InChI=1S/C53H102O14/c1-3-5-7-9-11-13-15-17-19-20-21-22-23-25-27-29-31-33-35-37-62-39-42(65-45(55)36-34-32-30-28-26-24-18-16-14-12-10-8-6-4-2)40-63-52-51(61)49(59)47(57)44(67-52)41-64-53-50(60)48(58)46(56)43(38-54)66-53/h42-44,46-54,56-61H,3-41H2,1-2H3. The van der Waals surface area contributed by atoms with Gasteiger partial charge < -0.3 is 64.2 Å². The second-order valence-electron chi connectivity index (χ2n) is 19.8. The van der Waals surface area contributed by atoms with Crippen LogP contribution in [0.15, 0.2) is 0 Å². The third-order valence-corrected chi connectivity index (χ3v) is 13.6. The highest BCUT2D eigenvalue weighted by molar-refractivity contribution is 5.69. The Hall–Kier alpha value is -1.01. The fraction of sp³-hybridized carbons (Fsp3) is 0.981. The predicted molar refractivity (Wildman–Crippen MR) is 261 cm³/mol. The molecule has 0 amide bonds. The van der Waals surface area contributed by atoms with Crippen molar-refractivity contribution in [3.05, 3.63) is 0 Å². The zero-order valence-corrected chi connectivity index (χ0v) is 42.4. The van der Waals surface area contributed by atoms with E-state index in [2.05, 4.69) is 13.8 Å². The van der Waals surface area contributed by atoms with Crippen LogP contribution in [0.5, 0.6) is 0 Å². The van der Waals surface area contributed by atoms with Crippen molar-refractivity contribution in [2.24, 2.45) is 0 Å². The van der Waals surface area contributed by atoms with E-state index in [4.69, 9.17) is 28.4 Å². The van der Waals surface area contributed by atoms with Gasteiger partial charge in [-0.25, -0.2) is 0 Å². The summed E-state index contributed by atoms with van der Waals surface area (Å²) in [6, 6.07) is 0. The monoisotopic (exact) mass is 963 g/mol. The van der Waals surface area contributed by atoms with Crippen molar-refractivity contribution in [1.29, 1.82) is 0 Å². The lowest BCUT2D eigenvalue weighted by Gasteiger charge is -2.42. The molecule has 11 unspecified atom stereocenters. The lowest BCUT2D eigenvalue weighted by molar-refractivity contribution is -0.332. The first-order valence-electron chi connectivity index (χ1n) is 27.6. The molecule has 0 aromatic rings. The van der Waals surface area contributed by atoms with Crippen molar-refractivity contribution in [2.75, 3.05) is 33.0 Å². The van der Waals surface area contributed by atoms with Gasteiger partial charge in [-0.3, -0.25) is 4.79 Å². The van der Waals surface area contributed by atoms with Crippen LogP contribution in [0, 0.1) is 0 Å². The maximum Gasteiger partial charge on any atom is 0.306 e. The van der Waals surface area contributed by atoms with E-state index in [1.54, 1.807) is 0 Å². The lowest BCUT2D eigenvalue weighted by Crippen LogP contribution is -2.61. The average Bonchev–Trinajstić information content (AvgIpc) is 3.32. The topological polar surface area (TPSA) is 214 Å². The molecule has 2 fully saturated rings. The summed E-state index contributed by atoms with van der Waals surface area (Å²) in [5.41, 5.74) is 0. The van der Waals surface area contributed by atoms with Crippen LogP contribution < -0.4 is 0 Å². The minimum absolute atomic E-state index is 0.0706. The minimum atomic E-state index is -1.70. The minimum Gasteiger partial charge on any atom is -0.457 e. The third-order valence-electron chi connectivity index (χ3n) is 13.6. The van der Waals surface area contributed by atoms with Gasteiger partial charge >= 0.3 is 5.97 Å². The molecule has 0 aromatic carbocycles. The van der Waals surface area contributed by atoms with E-state index in [0.29, 0.717) is 6.61 Å². The zero-order valence-electron chi connectivity index (χ0n) is 42.4. The molecule has 0 bridgehead atoms. The molecule has 0 saturated carbocycles. The SMILES string of the molecule is CCCCCCCCCCCCCCCCCCCCCOCC(COC1OC(COC2OC(CO)C(O)C(O)C2O)C(O)C(O)C1O)OC(=O)CCCCCCCCCCCCCCCC. The maximum atomic E-state index is 13.0. The summed E-state index contributed by atoms with van der Waals surface area (Å²) in [4.78, 5) is 13.0. The number of esters is 1. The summed E-state index contributed by atoms with van der Waals surface area (Å²) in [7, 11) is 0. The Kier molecular flexibility index (Phi) is 38.6. The molecular weight excluding hydrogens is 861 g/mol. The Labute approximate surface area is 406 Å². The molecule has 14 nitrogen and oxygen atoms in total. The molecule has 398 valence electrons. The number of aliphatic hydroxyl groups excluding tert-OH is 7. The van der Waals surface area contributed by atoms with Crippen molar-refractivity contribution < 1.29 is 69.0 Å². The first-order chi connectivity index (χ1) is 32.6. The number of rotatable bonds is 45. The number of ether oxygens (including phenoxy) is 6. The van der Waals surface area contributed by atoms with Gasteiger partial charge in [0.05, 0.1) is 26.4 Å². The van der Waals surface area contributed by atoms with Crippen LogP contribution in [-0.2, 0) is 33.2 Å². The molecule has 67 heavy (non-hydrogen) atoms. The van der Waals surface area contributed by atoms with E-state index < -0.39 is 80.7 Å². The van der Waals surface area contributed by atoms with Crippen molar-refractivity contribution in [3.63, 3.8) is 0 Å². The van der Waals surface area contributed by atoms with Crippen LogP contribution in [-0.4, -0.2) is 142 Å². The van der Waals surface area contributed by atoms with Gasteiger partial charge in [0, 0.05) is 13.0 Å². The molecule has 2 rings (SSSR count). The fourth-order valence-corrected chi connectivity index (χ4v) is 9.11. The smallest absolute Gasteiger partial charge is 0.306 e. The van der Waals surface area contributed by atoms with Gasteiger partial charge in [0.2, 0.25) is 0 Å². The van der Waals surface area contributed by atoms with Crippen LogP contribution in [0.25, 0.3) is 0 Å². The molecule has 2 aliphatic heterocycles. The molecular formula is C53H102O14. The Morgan fingerprint density at radius 2 is 0.791 bits per heavy atom. The Morgan fingerprint density at radius 1 is 0.433 bits per heavy atom. The quantitative estimate of drug-likeness (QED) is 0.0224. The first kappa shape index (κ1) is 62.1. The van der Waals surface area contributed by atoms with E-state index in [1.807, 2.05) is 0 Å². The van der Waals surface area contributed by atoms with Crippen LogP contribution >= 0.6 is 0 Å². The zero-order chi connectivity index (χ0) is 48.7. The molecule has 2 saturated heterocycles. The van der Waals surface area contributed by atoms with Gasteiger partial charge in [-0.05, 0) is 12.8 Å². The van der Waals surface area contributed by atoms with Gasteiger partial charge in [-0.1, -0.05) is 213 Å². The van der Waals surface area contributed by atoms with Crippen molar-refractivity contribution in [3.8, 4) is 0 Å². The van der Waals surface area contributed by atoms with Gasteiger partial charge in [0.1, 0.15) is 54.9 Å². The van der Waals surface area contributed by atoms with Crippen LogP contribution in [0.1, 0.15) is 232 Å². The molecule has 14 heteroatoms. The summed E-state index contributed by atoms with van der Waals surface area (Å²) in [6.07, 6.45) is 25.9. The second kappa shape index (κ2) is 41.6. The van der Waals surface area contributed by atoms with E-state index in [-0.39, 0.29) is 25.6 Å². The molecule has 0 aromatic heterocycles. The molecule has 0 aliphatic carbocycles. The normalized spacial score (nSPS) is 26.0. The Bertz CT molecular complexity index is 1120. The maximum absolute atomic E-state index is 13.0. The largest absolute Gasteiger partial charge is 0.457 e. The number of aliphatic hydroxyl groups is 7. The third kappa shape index (κ3) is 29.2. The van der Waals surface area contributed by atoms with Crippen LogP contribution in [0.2, 0.25) is 0 Å². The number of unbranched alkanes of at least 4 members (excludes halogenated alkanes) is 31. The molecule has 0 radical (unpaired) electrons. The van der Waals surface area contributed by atoms with Crippen LogP contribution in [0.3, 0.4) is 0 Å². The number of carbonyl (C=O) groups excluding carboxylic acids is 1. The van der Waals surface area contributed by atoms with Crippen LogP contribution in [0.4, 0.5) is 0 Å². The molecule has 2 heterocycles. The molecule has 2 aliphatic rings. The fourth-order valence-electron chi connectivity index (χ4n) is 9.11. The van der Waals surface area contributed by atoms with E-state index in [9.17, 15) is 40.5 Å². The van der Waals surface area contributed by atoms with E-state index in [1.165, 1.54) is 167 Å². The number of hydrogen-bond acceptors (Lipinski definition) is 14. The molecule has 7 N–H and O–H groups in total. The summed E-state index contributed by atoms with van der Waals surface area (Å²) in [6.45, 7) is 3.75. The number of hydrogen-bond donors (Lipinski definition) is 7. The van der Waals surface area contributed by atoms with Gasteiger partial charge in [0.15, 0.2) is 12.6 Å². The molecule has 0 spiro atoms. The number of carbonyl (C=O) groups is 1. The summed E-state index contributed by atoms with van der Waals surface area (Å²) >= 11 is 0. The lowest BCUT2D eigenvalue weighted by atomic mass is 9.98. The second-order valence-corrected chi connectivity index (χ2v) is 19.8. The predicted octanol–water partition coefficient (Wildman–Crippen LogP) is 8.86. The van der Waals surface area contributed by atoms with Gasteiger partial charge in [-0.15, -0.1) is 0 Å². The van der Waals surface area contributed by atoms with Crippen molar-refractivity contribution >= 4 is 5.97 Å². The van der Waals surface area contributed by atoms with Crippen molar-refractivity contribution in [1.82, 2.24) is 0 Å². The summed E-state index contributed by atoms with van der Waals surface area (Å²) in [5, 5.41) is 72.2. The van der Waals surface area contributed by atoms with E-state index in [0.717, 1.165) is 44.9 Å². The summed E-state index contributed by atoms with van der Waals surface area (Å²) in [5.74, 6) is -0.369. The van der Waals surface area contributed by atoms with E-state index >= 15 is 0 Å². The Balaban J connectivity index is 1.72. The first-order valence-corrected chi connectivity index (χ1v) is 27.6. The highest BCUT2D eigenvalue weighted by atomic mass is 16.7. The average molecular weight is 963 g/mol. The molecule has 11 atom stereocenters. The summed E-state index contributed by atoms with van der Waals surface area (Å²) < 4.78 is 34.3. The Morgan fingerprint density at radius 3 is 1.21 bits per heavy atom. The highest BCUT2D eigenvalue weighted by Crippen LogP contribution is 2.27. The van der Waals surface area contributed by atoms with Gasteiger partial charge in [-0.2, -0.15) is 0 Å².